The Morgan fingerprint density at radius 3 is 2.82 bits per heavy atom. The first kappa shape index (κ1) is 12.0. The smallest absolute Gasteiger partial charge is 0.169 e. The van der Waals surface area contributed by atoms with E-state index in [2.05, 4.69) is 20.9 Å². The molecule has 0 saturated heterocycles. The van der Waals surface area contributed by atoms with Crippen LogP contribution < -0.4 is 0 Å². The zero-order valence-corrected chi connectivity index (χ0v) is 11.1. The van der Waals surface area contributed by atoms with Gasteiger partial charge in [-0.25, -0.2) is 0 Å². The van der Waals surface area contributed by atoms with Crippen LogP contribution >= 0.6 is 15.9 Å². The summed E-state index contributed by atoms with van der Waals surface area (Å²) in [5.41, 5.74) is 2.49. The lowest BCUT2D eigenvalue weighted by Crippen LogP contribution is -2.06. The molecule has 0 fully saturated rings. The van der Waals surface area contributed by atoms with Crippen molar-refractivity contribution in [1.82, 2.24) is 4.98 Å². The van der Waals surface area contributed by atoms with Gasteiger partial charge in [-0.2, -0.15) is 0 Å². The van der Waals surface area contributed by atoms with Crippen LogP contribution in [0.2, 0.25) is 0 Å². The molecule has 0 aliphatic carbocycles. The topological polar surface area (TPSA) is 30.0 Å². The molecular weight excluding hydrogens is 278 g/mol. The van der Waals surface area contributed by atoms with E-state index < -0.39 is 0 Å². The van der Waals surface area contributed by atoms with E-state index in [-0.39, 0.29) is 5.78 Å². The maximum absolute atomic E-state index is 12.1. The summed E-state index contributed by atoms with van der Waals surface area (Å²) in [5, 5.41) is 0. The number of hydrogen-bond donors (Lipinski definition) is 0. The molecule has 0 saturated carbocycles. The van der Waals surface area contributed by atoms with Crippen molar-refractivity contribution in [3.05, 3.63) is 63.9 Å². The molecule has 2 rings (SSSR count). The molecule has 0 N–H and O–H groups in total. The molecular formula is C14H12BrNO. The van der Waals surface area contributed by atoms with Crippen molar-refractivity contribution >= 4 is 21.7 Å². The number of halogens is 1. The normalized spacial score (nSPS) is 10.2. The first-order valence-electron chi connectivity index (χ1n) is 5.36. The number of ketones is 1. The molecule has 0 bridgehead atoms. The molecule has 1 aromatic carbocycles. The molecule has 0 radical (unpaired) electrons. The highest BCUT2D eigenvalue weighted by Crippen LogP contribution is 2.14. The van der Waals surface area contributed by atoms with Crippen LogP contribution in [0.15, 0.2) is 47.1 Å². The lowest BCUT2D eigenvalue weighted by Gasteiger charge is -2.04. The Kier molecular flexibility index (Phi) is 3.69. The Hall–Kier alpha value is -1.48. The largest absolute Gasteiger partial charge is 0.294 e. The summed E-state index contributed by atoms with van der Waals surface area (Å²) in [7, 11) is 0. The molecule has 86 valence electrons. The average Bonchev–Trinajstić information content (AvgIpc) is 2.29. The third-order valence-corrected chi connectivity index (χ3v) is 3.05. The van der Waals surface area contributed by atoms with Gasteiger partial charge >= 0.3 is 0 Å². The summed E-state index contributed by atoms with van der Waals surface area (Å²) in [6, 6.07) is 11.4. The number of carbonyl (C=O) groups excluding carboxylic acids is 1. The Bertz CT molecular complexity index is 551. The quantitative estimate of drug-likeness (QED) is 0.809. The van der Waals surface area contributed by atoms with Crippen LogP contribution in [-0.2, 0) is 6.42 Å². The van der Waals surface area contributed by atoms with Gasteiger partial charge in [-0.15, -0.1) is 0 Å². The average molecular weight is 290 g/mol. The molecule has 2 aromatic rings. The molecule has 2 nitrogen and oxygen atoms in total. The standard InChI is InChI=1S/C14H12BrNO/c1-10-13(6-3-7-16-10)14(17)9-11-4-2-5-12(15)8-11/h2-8H,9H2,1H3. The van der Waals surface area contributed by atoms with Crippen LogP contribution in [-0.4, -0.2) is 10.8 Å². The predicted molar refractivity (Wildman–Crippen MR) is 71.2 cm³/mol. The lowest BCUT2D eigenvalue weighted by molar-refractivity contribution is 0.0992. The second-order valence-corrected chi connectivity index (χ2v) is 4.78. The predicted octanol–water partition coefficient (Wildman–Crippen LogP) is 3.58. The number of aryl methyl sites for hydroxylation is 1. The van der Waals surface area contributed by atoms with Gasteiger partial charge in [-0.05, 0) is 36.8 Å². The molecule has 0 aliphatic heterocycles. The molecule has 0 amide bonds. The summed E-state index contributed by atoms with van der Waals surface area (Å²) in [6.45, 7) is 1.86. The summed E-state index contributed by atoms with van der Waals surface area (Å²) >= 11 is 3.40. The van der Waals surface area contributed by atoms with Gasteiger partial charge in [0.15, 0.2) is 5.78 Å². The molecule has 0 unspecified atom stereocenters. The number of benzene rings is 1. The first-order valence-corrected chi connectivity index (χ1v) is 6.15. The van der Waals surface area contributed by atoms with Gasteiger partial charge in [-0.1, -0.05) is 28.1 Å². The van der Waals surface area contributed by atoms with Crippen molar-refractivity contribution in [2.24, 2.45) is 0 Å². The number of carbonyl (C=O) groups is 1. The minimum absolute atomic E-state index is 0.105. The van der Waals surface area contributed by atoms with Crippen molar-refractivity contribution in [3.63, 3.8) is 0 Å². The van der Waals surface area contributed by atoms with E-state index in [1.165, 1.54) is 0 Å². The van der Waals surface area contributed by atoms with E-state index in [0.717, 1.165) is 15.7 Å². The molecule has 3 heteroatoms. The summed E-state index contributed by atoms with van der Waals surface area (Å²) in [6.07, 6.45) is 2.11. The van der Waals surface area contributed by atoms with Crippen molar-refractivity contribution in [1.29, 1.82) is 0 Å². The number of aromatic nitrogens is 1. The van der Waals surface area contributed by atoms with E-state index in [4.69, 9.17) is 0 Å². The molecule has 0 aliphatic rings. The number of Topliss-reactive ketones (excluding diaryl/α,β-unsaturated/α-hetero) is 1. The van der Waals surface area contributed by atoms with E-state index in [1.54, 1.807) is 12.3 Å². The number of hydrogen-bond acceptors (Lipinski definition) is 2. The van der Waals surface area contributed by atoms with Crippen molar-refractivity contribution < 1.29 is 4.79 Å². The maximum atomic E-state index is 12.1. The monoisotopic (exact) mass is 289 g/mol. The molecule has 1 heterocycles. The van der Waals surface area contributed by atoms with E-state index in [1.807, 2.05) is 37.3 Å². The van der Waals surface area contributed by atoms with Crippen LogP contribution in [0.25, 0.3) is 0 Å². The van der Waals surface area contributed by atoms with Gasteiger partial charge in [0, 0.05) is 28.3 Å². The highest BCUT2D eigenvalue weighted by molar-refractivity contribution is 9.10. The van der Waals surface area contributed by atoms with Crippen LogP contribution in [0.3, 0.4) is 0 Å². The van der Waals surface area contributed by atoms with Crippen LogP contribution in [0, 0.1) is 6.92 Å². The Balaban J connectivity index is 2.20. The van der Waals surface area contributed by atoms with E-state index >= 15 is 0 Å². The SMILES string of the molecule is Cc1ncccc1C(=O)Cc1cccc(Br)c1. The van der Waals surface area contributed by atoms with Crippen molar-refractivity contribution in [3.8, 4) is 0 Å². The Morgan fingerprint density at radius 1 is 1.29 bits per heavy atom. The first-order chi connectivity index (χ1) is 8.16. The second-order valence-electron chi connectivity index (χ2n) is 3.87. The van der Waals surface area contributed by atoms with Gasteiger partial charge in [0.25, 0.3) is 0 Å². The van der Waals surface area contributed by atoms with Crippen LogP contribution in [0.4, 0.5) is 0 Å². The van der Waals surface area contributed by atoms with Gasteiger partial charge in [-0.3, -0.25) is 9.78 Å². The summed E-state index contributed by atoms with van der Waals surface area (Å²) in [4.78, 5) is 16.2. The van der Waals surface area contributed by atoms with Crippen molar-refractivity contribution in [2.45, 2.75) is 13.3 Å². The molecule has 17 heavy (non-hydrogen) atoms. The zero-order valence-electron chi connectivity index (χ0n) is 9.48. The summed E-state index contributed by atoms with van der Waals surface area (Å²) in [5.74, 6) is 0.105. The second kappa shape index (κ2) is 5.23. The maximum Gasteiger partial charge on any atom is 0.169 e. The number of pyridine rings is 1. The minimum atomic E-state index is 0.105. The molecule has 0 spiro atoms. The summed E-state index contributed by atoms with van der Waals surface area (Å²) < 4.78 is 0.991. The van der Waals surface area contributed by atoms with Crippen LogP contribution in [0.1, 0.15) is 21.6 Å². The third kappa shape index (κ3) is 3.01. The van der Waals surface area contributed by atoms with E-state index in [9.17, 15) is 4.79 Å². The van der Waals surface area contributed by atoms with Gasteiger partial charge in [0.2, 0.25) is 0 Å². The van der Waals surface area contributed by atoms with Gasteiger partial charge < -0.3 is 0 Å². The number of nitrogens with zero attached hydrogens (tertiary/aromatic N) is 1. The number of rotatable bonds is 3. The fourth-order valence-corrected chi connectivity index (χ4v) is 2.15. The van der Waals surface area contributed by atoms with Crippen molar-refractivity contribution in [2.75, 3.05) is 0 Å². The molecule has 1 aromatic heterocycles. The minimum Gasteiger partial charge on any atom is -0.294 e. The highest BCUT2D eigenvalue weighted by Gasteiger charge is 2.10. The van der Waals surface area contributed by atoms with Gasteiger partial charge in [0.05, 0.1) is 0 Å². The highest BCUT2D eigenvalue weighted by atomic mass is 79.9. The van der Waals surface area contributed by atoms with Crippen LogP contribution in [0.5, 0.6) is 0 Å². The van der Waals surface area contributed by atoms with E-state index in [0.29, 0.717) is 12.0 Å². The van der Waals surface area contributed by atoms with Gasteiger partial charge in [0.1, 0.15) is 0 Å². The Labute approximate surface area is 109 Å². The molecule has 0 atom stereocenters. The lowest BCUT2D eigenvalue weighted by atomic mass is 10.0. The third-order valence-electron chi connectivity index (χ3n) is 2.56. The fourth-order valence-electron chi connectivity index (χ4n) is 1.71. The fraction of sp³-hybridized carbons (Fsp3) is 0.143. The Morgan fingerprint density at radius 2 is 2.12 bits per heavy atom. The zero-order chi connectivity index (χ0) is 12.3.